The van der Waals surface area contributed by atoms with Crippen LogP contribution in [-0.4, -0.2) is 51.8 Å². The summed E-state index contributed by atoms with van der Waals surface area (Å²) in [7, 11) is -6.80. The molecule has 3 rings (SSSR count). The molecule has 0 aromatic heterocycles. The number of nitrogens with one attached hydrogen (secondary N) is 2. The van der Waals surface area contributed by atoms with Crippen LogP contribution in [0.4, 0.5) is 0 Å². The summed E-state index contributed by atoms with van der Waals surface area (Å²) >= 11 is 0. The van der Waals surface area contributed by atoms with Crippen LogP contribution >= 0.6 is 10.6 Å². The van der Waals surface area contributed by atoms with E-state index < -0.39 is 49.3 Å². The van der Waals surface area contributed by atoms with Crippen molar-refractivity contribution in [1.82, 2.24) is 10.6 Å². The largest absolute Gasteiger partial charge is 0.497 e. The van der Waals surface area contributed by atoms with Crippen LogP contribution in [0.15, 0.2) is 53.4 Å². The average molecular weight is 527 g/mol. The maximum atomic E-state index is 13.5. The molecule has 1 aliphatic heterocycles. The first-order valence-corrected chi connectivity index (χ1v) is 14.7. The van der Waals surface area contributed by atoms with Gasteiger partial charge in [0.25, 0.3) is 10.1 Å². The quantitative estimate of drug-likeness (QED) is 0.306. The first kappa shape index (κ1) is 27.4. The van der Waals surface area contributed by atoms with Crippen molar-refractivity contribution in [2.24, 2.45) is 0 Å². The maximum Gasteiger partial charge on any atom is 0.283 e. The molecule has 0 radical (unpaired) electrons. The van der Waals surface area contributed by atoms with Gasteiger partial charge in [-0.15, -0.1) is 0 Å². The summed E-state index contributed by atoms with van der Waals surface area (Å²) in [6.45, 7) is 3.86. The van der Waals surface area contributed by atoms with E-state index in [1.165, 1.54) is 7.11 Å². The van der Waals surface area contributed by atoms with Crippen LogP contribution in [-0.2, 0) is 14.9 Å². The minimum Gasteiger partial charge on any atom is -0.497 e. The number of benzene rings is 2. The summed E-state index contributed by atoms with van der Waals surface area (Å²) in [4.78, 5) is 13.7. The van der Waals surface area contributed by atoms with E-state index in [1.54, 1.807) is 18.2 Å². The van der Waals surface area contributed by atoms with Crippen molar-refractivity contribution in [1.29, 1.82) is 0 Å². The number of methoxy groups -OCH3 is 1. The number of hydrogen-bond donors (Lipinski definition) is 5. The van der Waals surface area contributed by atoms with Gasteiger partial charge in [0.15, 0.2) is 0 Å². The maximum absolute atomic E-state index is 13.5. The second-order valence-electron chi connectivity index (χ2n) is 8.75. The van der Waals surface area contributed by atoms with Gasteiger partial charge in [0.1, 0.15) is 16.9 Å². The molecule has 9 nitrogen and oxygen atoms in total. The highest BCUT2D eigenvalue weighted by Gasteiger charge is 2.53. The van der Waals surface area contributed by atoms with Crippen molar-refractivity contribution >= 4 is 26.6 Å². The molecule has 35 heavy (non-hydrogen) atoms. The number of rotatable bonds is 9. The lowest BCUT2D eigenvalue weighted by Crippen LogP contribution is -2.61. The minimum atomic E-state index is -4.51. The van der Waals surface area contributed by atoms with E-state index in [9.17, 15) is 26.9 Å². The second kappa shape index (κ2) is 10.9. The fourth-order valence-electron chi connectivity index (χ4n) is 4.76. The molecule has 5 N–H and O–H groups in total. The van der Waals surface area contributed by atoms with E-state index in [4.69, 9.17) is 4.74 Å². The van der Waals surface area contributed by atoms with Crippen LogP contribution < -0.4 is 15.4 Å². The Labute approximate surface area is 208 Å². The normalized spacial score (nSPS) is 24.6. The van der Waals surface area contributed by atoms with Crippen molar-refractivity contribution < 1.29 is 31.6 Å². The molecule has 2 aromatic carbocycles. The van der Waals surface area contributed by atoms with Gasteiger partial charge in [0, 0.05) is 11.1 Å². The molecule has 1 amide bonds. The molecule has 1 heterocycles. The molecule has 0 saturated heterocycles. The Morgan fingerprint density at radius 1 is 1.17 bits per heavy atom. The van der Waals surface area contributed by atoms with Crippen LogP contribution in [0.1, 0.15) is 56.7 Å². The molecule has 194 valence electrons. The molecule has 0 bridgehead atoms. The number of ether oxygens (including phenoxy) is 1. The van der Waals surface area contributed by atoms with E-state index in [0.717, 1.165) is 12.0 Å². The van der Waals surface area contributed by atoms with Gasteiger partial charge < -0.3 is 10.1 Å². The summed E-state index contributed by atoms with van der Waals surface area (Å²) in [5.74, 6) is -1.36. The SMILES string of the molecule is CCCC[C@@]1(CC)N[C@H](c2ccccc2)c2cc(OC)ccc2S(O)(O)C1C(=O)NCS(=O)(=O)O. The van der Waals surface area contributed by atoms with E-state index in [-0.39, 0.29) is 4.90 Å². The summed E-state index contributed by atoms with van der Waals surface area (Å²) in [5, 5.41) is 4.39. The van der Waals surface area contributed by atoms with Crippen molar-refractivity contribution in [3.63, 3.8) is 0 Å². The molecule has 2 aromatic rings. The zero-order valence-electron chi connectivity index (χ0n) is 20.1. The molecule has 0 saturated carbocycles. The second-order valence-corrected chi connectivity index (χ2v) is 12.3. The molecule has 0 aliphatic carbocycles. The smallest absolute Gasteiger partial charge is 0.283 e. The first-order valence-electron chi connectivity index (χ1n) is 11.5. The van der Waals surface area contributed by atoms with Crippen LogP contribution in [0, 0.1) is 0 Å². The van der Waals surface area contributed by atoms with Gasteiger partial charge in [-0.25, -0.2) is 0 Å². The average Bonchev–Trinajstić information content (AvgIpc) is 2.91. The summed E-state index contributed by atoms with van der Waals surface area (Å²) in [5.41, 5.74) is 0.339. The molecule has 3 atom stereocenters. The van der Waals surface area contributed by atoms with Crippen molar-refractivity contribution in [2.45, 2.75) is 61.3 Å². The predicted molar refractivity (Wildman–Crippen MR) is 136 cm³/mol. The van der Waals surface area contributed by atoms with E-state index in [1.807, 2.05) is 44.2 Å². The molecular weight excluding hydrogens is 492 g/mol. The third kappa shape index (κ3) is 5.82. The first-order chi connectivity index (χ1) is 16.5. The fourth-order valence-corrected chi connectivity index (χ4v) is 7.49. The lowest BCUT2D eigenvalue weighted by Gasteiger charge is -2.48. The Hall–Kier alpha value is -2.15. The topological polar surface area (TPSA) is 145 Å². The van der Waals surface area contributed by atoms with Gasteiger partial charge >= 0.3 is 0 Å². The number of fused-ring (bicyclic) bond motifs is 1. The molecule has 1 unspecified atom stereocenters. The Morgan fingerprint density at radius 2 is 1.86 bits per heavy atom. The van der Waals surface area contributed by atoms with Gasteiger partial charge in [-0.2, -0.15) is 19.0 Å². The van der Waals surface area contributed by atoms with Crippen molar-refractivity contribution in [3.05, 3.63) is 59.7 Å². The molecular formula is C24H34N2O7S2. The third-order valence-electron chi connectivity index (χ3n) is 6.52. The predicted octanol–water partition coefficient (Wildman–Crippen LogP) is 4.17. The molecule has 1 aliphatic rings. The van der Waals surface area contributed by atoms with Gasteiger partial charge in [-0.1, -0.05) is 57.0 Å². The Morgan fingerprint density at radius 3 is 2.43 bits per heavy atom. The van der Waals surface area contributed by atoms with Gasteiger partial charge in [-0.3, -0.25) is 23.8 Å². The van der Waals surface area contributed by atoms with Crippen LogP contribution in [0.3, 0.4) is 0 Å². The number of hydrogen-bond acceptors (Lipinski definition) is 7. The van der Waals surface area contributed by atoms with Crippen LogP contribution in [0.5, 0.6) is 5.75 Å². The highest BCUT2D eigenvalue weighted by atomic mass is 32.3. The summed E-state index contributed by atoms with van der Waals surface area (Å²) in [6.07, 6.45) is 2.30. The number of carbonyl (C=O) groups is 1. The van der Waals surface area contributed by atoms with E-state index in [0.29, 0.717) is 30.6 Å². The molecule has 11 heteroatoms. The summed E-state index contributed by atoms with van der Waals surface area (Å²) in [6, 6.07) is 13.9. The Balaban J connectivity index is 2.28. The monoisotopic (exact) mass is 526 g/mol. The molecule has 0 spiro atoms. The highest BCUT2D eigenvalue weighted by molar-refractivity contribution is 8.25. The standard InChI is InChI=1S/C24H34N2O7S2/c1-4-6-14-24(5-2)22(23(27)25-16-34(28,29)30)35(31,32)20-13-12-18(33-3)15-19(20)21(26-24)17-10-8-7-9-11-17/h7-13,15,21-22,26,31-32H,4-6,14,16H2,1-3H3,(H,25,27)(H,28,29,30)/t21-,22?,24-/m1/s1. The lowest BCUT2D eigenvalue weighted by molar-refractivity contribution is -0.122. The zero-order chi connectivity index (χ0) is 25.9. The van der Waals surface area contributed by atoms with E-state index in [2.05, 4.69) is 10.6 Å². The number of amides is 1. The van der Waals surface area contributed by atoms with Crippen LogP contribution in [0.25, 0.3) is 0 Å². The van der Waals surface area contributed by atoms with Crippen molar-refractivity contribution in [3.8, 4) is 5.75 Å². The number of unbranched alkanes of at least 4 members (excludes halogenated alkanes) is 1. The lowest BCUT2D eigenvalue weighted by atomic mass is 9.83. The zero-order valence-corrected chi connectivity index (χ0v) is 21.7. The minimum absolute atomic E-state index is 0.193. The summed E-state index contributed by atoms with van der Waals surface area (Å²) < 4.78 is 60.8. The van der Waals surface area contributed by atoms with Gasteiger partial charge in [0.2, 0.25) is 5.91 Å². The Bertz CT molecular complexity index is 1140. The highest BCUT2D eigenvalue weighted by Crippen LogP contribution is 2.62. The third-order valence-corrected chi connectivity index (χ3v) is 9.37. The van der Waals surface area contributed by atoms with Gasteiger partial charge in [-0.05, 0) is 36.6 Å². The van der Waals surface area contributed by atoms with Gasteiger partial charge in [0.05, 0.1) is 18.0 Å². The fraction of sp³-hybridized carbons (Fsp3) is 0.458. The van der Waals surface area contributed by atoms with Crippen molar-refractivity contribution in [2.75, 3.05) is 13.0 Å². The van der Waals surface area contributed by atoms with Crippen LogP contribution in [0.2, 0.25) is 0 Å². The van der Waals surface area contributed by atoms with E-state index >= 15 is 0 Å². The number of carbonyl (C=O) groups excluding carboxylic acids is 1. The molecule has 0 fully saturated rings. The Kier molecular flexibility index (Phi) is 8.51.